The Kier molecular flexibility index (Phi) is 6.06. The van der Waals surface area contributed by atoms with Gasteiger partial charge in [-0.2, -0.15) is 0 Å². The van der Waals surface area contributed by atoms with Gasteiger partial charge in [0.25, 0.3) is 0 Å². The Balaban J connectivity index is 1.68. The molecule has 30 heavy (non-hydrogen) atoms. The number of carbonyl (C=O) groups excluding carboxylic acids is 3. The predicted octanol–water partition coefficient (Wildman–Crippen LogP) is 4.06. The van der Waals surface area contributed by atoms with Crippen molar-refractivity contribution in [3.63, 3.8) is 0 Å². The predicted molar refractivity (Wildman–Crippen MR) is 113 cm³/mol. The summed E-state index contributed by atoms with van der Waals surface area (Å²) < 4.78 is 9.73. The molecule has 10 heteroatoms. The number of imidazole rings is 1. The van der Waals surface area contributed by atoms with E-state index >= 15 is 0 Å². The van der Waals surface area contributed by atoms with Gasteiger partial charge < -0.3 is 19.8 Å². The van der Waals surface area contributed by atoms with Crippen LogP contribution < -0.4 is 10.6 Å². The largest absolute Gasteiger partial charge is 0.453 e. The number of H-pyrrole nitrogens is 1. The summed E-state index contributed by atoms with van der Waals surface area (Å²) in [4.78, 5) is 43.6. The summed E-state index contributed by atoms with van der Waals surface area (Å²) >= 11 is 1.30. The maximum atomic E-state index is 12.8. The summed E-state index contributed by atoms with van der Waals surface area (Å²) in [5.41, 5.74) is 1.92. The van der Waals surface area contributed by atoms with Gasteiger partial charge in [-0.1, -0.05) is 0 Å². The van der Waals surface area contributed by atoms with Crippen LogP contribution in [0.4, 0.5) is 15.5 Å². The second kappa shape index (κ2) is 8.54. The zero-order valence-corrected chi connectivity index (χ0v) is 17.8. The molecule has 0 saturated carbocycles. The van der Waals surface area contributed by atoms with Crippen LogP contribution in [-0.4, -0.2) is 40.6 Å². The smallest absolute Gasteiger partial charge is 0.413 e. The minimum atomic E-state index is -0.642. The van der Waals surface area contributed by atoms with Crippen LogP contribution in [-0.2, 0) is 16.0 Å². The van der Waals surface area contributed by atoms with Crippen LogP contribution in [0.15, 0.2) is 29.6 Å². The summed E-state index contributed by atoms with van der Waals surface area (Å²) in [5, 5.41) is 6.93. The highest BCUT2D eigenvalue weighted by molar-refractivity contribution is 7.12. The minimum absolute atomic E-state index is 0.150. The molecular weight excluding hydrogens is 408 g/mol. The van der Waals surface area contributed by atoms with Crippen molar-refractivity contribution in [1.29, 1.82) is 0 Å². The molecule has 0 radical (unpaired) electrons. The Bertz CT molecular complexity index is 1100. The van der Waals surface area contributed by atoms with Crippen molar-refractivity contribution in [2.75, 3.05) is 12.4 Å². The van der Waals surface area contributed by atoms with E-state index in [0.717, 1.165) is 5.56 Å². The molecule has 0 spiro atoms. The quantitative estimate of drug-likeness (QED) is 0.525. The zero-order chi connectivity index (χ0) is 21.9. The summed E-state index contributed by atoms with van der Waals surface area (Å²) in [6, 6.07) is 6.78. The van der Waals surface area contributed by atoms with Crippen molar-refractivity contribution in [2.24, 2.45) is 0 Å². The zero-order valence-electron chi connectivity index (χ0n) is 17.0. The van der Waals surface area contributed by atoms with Crippen LogP contribution in [0, 0.1) is 0 Å². The van der Waals surface area contributed by atoms with E-state index in [1.54, 1.807) is 45.0 Å². The number of carbonyl (C=O) groups is 3. The fourth-order valence-corrected chi connectivity index (χ4v) is 3.45. The lowest BCUT2D eigenvalue weighted by Crippen LogP contribution is -2.32. The summed E-state index contributed by atoms with van der Waals surface area (Å²) in [6.07, 6.45) is -1.15. The molecule has 0 unspecified atom stereocenters. The Labute approximate surface area is 176 Å². The van der Waals surface area contributed by atoms with Crippen molar-refractivity contribution in [1.82, 2.24) is 15.3 Å². The van der Waals surface area contributed by atoms with Gasteiger partial charge >= 0.3 is 12.2 Å². The first kappa shape index (κ1) is 21.3. The summed E-state index contributed by atoms with van der Waals surface area (Å²) in [7, 11) is 1.26. The number of amides is 2. The number of hydrogen-bond donors (Lipinski definition) is 3. The monoisotopic (exact) mass is 430 g/mol. The van der Waals surface area contributed by atoms with Crippen molar-refractivity contribution in [3.8, 4) is 0 Å². The number of ketones is 1. The number of methoxy groups -OCH3 is 1. The molecule has 1 aromatic carbocycles. The number of aromatic nitrogens is 2. The fourth-order valence-electron chi connectivity index (χ4n) is 2.58. The molecule has 3 N–H and O–H groups in total. The second-order valence-electron chi connectivity index (χ2n) is 7.44. The number of alkyl carbamates (subject to hydrolysis) is 1. The molecule has 2 aromatic heterocycles. The van der Waals surface area contributed by atoms with Gasteiger partial charge in [-0.25, -0.2) is 14.6 Å². The molecule has 2 heterocycles. The summed E-state index contributed by atoms with van der Waals surface area (Å²) in [5.74, 6) is 0.0792. The Hall–Kier alpha value is -3.40. The molecule has 3 rings (SSSR count). The molecule has 0 bridgehead atoms. The van der Waals surface area contributed by atoms with E-state index in [4.69, 9.17) is 4.74 Å². The van der Waals surface area contributed by atoms with Gasteiger partial charge in [0.15, 0.2) is 0 Å². The molecule has 0 saturated heterocycles. The van der Waals surface area contributed by atoms with Gasteiger partial charge in [0.2, 0.25) is 11.7 Å². The van der Waals surface area contributed by atoms with Crippen LogP contribution in [0.3, 0.4) is 0 Å². The minimum Gasteiger partial charge on any atom is -0.453 e. The molecule has 0 fully saturated rings. The van der Waals surface area contributed by atoms with E-state index < -0.39 is 17.8 Å². The number of benzene rings is 1. The number of aromatic amines is 1. The number of nitrogens with one attached hydrogen (secondary N) is 3. The molecule has 0 aliphatic carbocycles. The first-order valence-electron chi connectivity index (χ1n) is 9.08. The number of fused-ring (bicyclic) bond motifs is 1. The third kappa shape index (κ3) is 5.35. The highest BCUT2D eigenvalue weighted by Crippen LogP contribution is 2.22. The van der Waals surface area contributed by atoms with Gasteiger partial charge in [-0.3, -0.25) is 10.1 Å². The highest BCUT2D eigenvalue weighted by atomic mass is 32.1. The number of hydrogen-bond acceptors (Lipinski definition) is 7. The molecule has 9 nitrogen and oxygen atoms in total. The molecule has 158 valence electrons. The molecule has 2 amide bonds. The van der Waals surface area contributed by atoms with Crippen LogP contribution in [0.5, 0.6) is 0 Å². The fraction of sp³-hybridized carbons (Fsp3) is 0.300. The van der Waals surface area contributed by atoms with Crippen LogP contribution in [0.2, 0.25) is 0 Å². The SMILES string of the molecule is COC(=O)Nc1nc2ccc(C(=O)c3cc(CNC(=O)OC(C)(C)C)cs3)cc2[nH]1. The molecule has 3 aromatic rings. The Morgan fingerprint density at radius 2 is 1.93 bits per heavy atom. The van der Waals surface area contributed by atoms with E-state index in [2.05, 4.69) is 25.3 Å². The van der Waals surface area contributed by atoms with E-state index in [-0.39, 0.29) is 18.3 Å². The molecular formula is C20H22N4O5S. The molecule has 0 atom stereocenters. The van der Waals surface area contributed by atoms with Crippen LogP contribution >= 0.6 is 11.3 Å². The van der Waals surface area contributed by atoms with E-state index in [1.807, 2.05) is 5.38 Å². The number of rotatable bonds is 5. The lowest BCUT2D eigenvalue weighted by Gasteiger charge is -2.19. The van der Waals surface area contributed by atoms with E-state index in [0.29, 0.717) is 21.5 Å². The standard InChI is InChI=1S/C20H22N4O5S/c1-20(2,3)29-18(26)21-9-11-7-15(30-10-11)16(25)12-5-6-13-14(8-12)23-17(22-13)24-19(27)28-4/h5-8,10H,9H2,1-4H3,(H,21,26)(H2,22,23,24,27). The van der Waals surface area contributed by atoms with E-state index in [9.17, 15) is 14.4 Å². The Morgan fingerprint density at radius 1 is 1.17 bits per heavy atom. The van der Waals surface area contributed by atoms with Gasteiger partial charge in [-0.15, -0.1) is 11.3 Å². The van der Waals surface area contributed by atoms with E-state index in [1.165, 1.54) is 18.4 Å². The average molecular weight is 430 g/mol. The lowest BCUT2D eigenvalue weighted by atomic mass is 10.1. The topological polar surface area (TPSA) is 122 Å². The van der Waals surface area contributed by atoms with Crippen molar-refractivity contribution in [2.45, 2.75) is 32.9 Å². The third-order valence-corrected chi connectivity index (χ3v) is 4.84. The lowest BCUT2D eigenvalue weighted by molar-refractivity contribution is 0.0523. The molecule has 0 aliphatic rings. The van der Waals surface area contributed by atoms with Gasteiger partial charge in [0.05, 0.1) is 23.0 Å². The van der Waals surface area contributed by atoms with Crippen molar-refractivity contribution < 1.29 is 23.9 Å². The van der Waals surface area contributed by atoms with Gasteiger partial charge in [-0.05, 0) is 56.0 Å². The number of anilines is 1. The first-order chi connectivity index (χ1) is 14.1. The first-order valence-corrected chi connectivity index (χ1v) is 9.96. The maximum Gasteiger partial charge on any atom is 0.413 e. The summed E-state index contributed by atoms with van der Waals surface area (Å²) in [6.45, 7) is 5.64. The maximum absolute atomic E-state index is 12.8. The second-order valence-corrected chi connectivity index (χ2v) is 8.35. The van der Waals surface area contributed by atoms with Gasteiger partial charge in [0, 0.05) is 12.1 Å². The average Bonchev–Trinajstić information content (AvgIpc) is 3.30. The van der Waals surface area contributed by atoms with Crippen molar-refractivity contribution >= 4 is 46.3 Å². The van der Waals surface area contributed by atoms with Crippen molar-refractivity contribution in [3.05, 3.63) is 45.6 Å². The van der Waals surface area contributed by atoms with Crippen LogP contribution in [0.25, 0.3) is 11.0 Å². The van der Waals surface area contributed by atoms with Crippen LogP contribution in [0.1, 0.15) is 41.6 Å². The number of thiophene rings is 1. The highest BCUT2D eigenvalue weighted by Gasteiger charge is 2.17. The third-order valence-electron chi connectivity index (χ3n) is 3.86. The number of ether oxygens (including phenoxy) is 2. The molecule has 0 aliphatic heterocycles. The van der Waals surface area contributed by atoms with Gasteiger partial charge in [0.1, 0.15) is 5.60 Å². The normalized spacial score (nSPS) is 11.2. The Morgan fingerprint density at radius 3 is 2.63 bits per heavy atom. The number of nitrogens with zero attached hydrogens (tertiary/aromatic N) is 1.